The lowest BCUT2D eigenvalue weighted by atomic mass is 9.47. The molecule has 1 aromatic heterocycles. The van der Waals surface area contributed by atoms with Crippen molar-refractivity contribution in [3.8, 4) is 5.75 Å². The monoisotopic (exact) mass is 1080 g/mol. The summed E-state index contributed by atoms with van der Waals surface area (Å²) in [7, 11) is 6.22. The normalized spacial score (nSPS) is 29.9. The van der Waals surface area contributed by atoms with Crippen molar-refractivity contribution in [2.75, 3.05) is 59.5 Å². The van der Waals surface area contributed by atoms with E-state index in [0.29, 0.717) is 50.2 Å². The number of carboxylic acids is 4. The number of ether oxygens (including phenoxy) is 4. The molecule has 1 unspecified atom stereocenters. The van der Waals surface area contributed by atoms with Crippen LogP contribution in [0.4, 0.5) is 5.69 Å². The maximum atomic E-state index is 15.2. The number of esters is 3. The summed E-state index contributed by atoms with van der Waals surface area (Å²) in [5, 5.41) is 79.4. The van der Waals surface area contributed by atoms with Crippen molar-refractivity contribution in [2.24, 2.45) is 11.3 Å². The summed E-state index contributed by atoms with van der Waals surface area (Å²) < 4.78 is 23.9. The minimum atomic E-state index is -2.27. The van der Waals surface area contributed by atoms with Crippen molar-refractivity contribution in [1.82, 2.24) is 14.8 Å². The van der Waals surface area contributed by atoms with Gasteiger partial charge >= 0.3 is 41.8 Å². The number of hydrogen-bond donors (Lipinski definition) is 10. The van der Waals surface area contributed by atoms with Crippen molar-refractivity contribution in [3.63, 3.8) is 0 Å². The second-order valence-corrected chi connectivity index (χ2v) is 20.3. The molecule has 0 amide bonds. The van der Waals surface area contributed by atoms with Crippen molar-refractivity contribution >= 4 is 58.4 Å². The van der Waals surface area contributed by atoms with Crippen LogP contribution in [-0.2, 0) is 65.1 Å². The molecule has 6 aliphatic rings. The number of H-pyrrole nitrogens is 1. The molecule has 6 heterocycles. The number of para-hydroxylation sites is 1. The van der Waals surface area contributed by atoms with E-state index in [1.807, 2.05) is 37.1 Å². The van der Waals surface area contributed by atoms with Gasteiger partial charge in [-0.25, -0.2) is 24.0 Å². The van der Waals surface area contributed by atoms with Gasteiger partial charge in [0.2, 0.25) is 5.60 Å². The number of aromatic nitrogens is 1. The highest BCUT2D eigenvalue weighted by atomic mass is 16.6. The molecule has 2 aromatic carbocycles. The summed E-state index contributed by atoms with van der Waals surface area (Å²) in [6.45, 7) is 9.19. The van der Waals surface area contributed by atoms with Crippen molar-refractivity contribution in [3.05, 3.63) is 82.6 Å². The lowest BCUT2D eigenvalue weighted by Gasteiger charge is -2.63. The molecule has 0 radical (unpaired) electrons. The van der Waals surface area contributed by atoms with Crippen LogP contribution in [0.3, 0.4) is 0 Å². The van der Waals surface area contributed by atoms with E-state index in [9.17, 15) is 33.9 Å². The van der Waals surface area contributed by atoms with Gasteiger partial charge < -0.3 is 74.8 Å². The number of anilines is 1. The van der Waals surface area contributed by atoms with E-state index in [2.05, 4.69) is 58.1 Å². The largest absolute Gasteiger partial charge is 0.496 e. The van der Waals surface area contributed by atoms with Gasteiger partial charge in [-0.15, -0.1) is 0 Å². The number of likely N-dealkylation sites (N-methyl/N-ethyl adjacent to an activating group) is 1. The SMILES string of the molecule is CCC1=C[C@@H]2CN(C1)Cc1c([nH]c3ccccc13)[C@@](C(=O)OC)(c1cc3c(cc1OC)N(C)[C@H]1[C@](O)(C(=O)OC)[C@H](OC(C)=O)[C@]4(CC)C=CCN5CC[C@]31[C@@H]54)C2.O=C(O)[C@@H](O)[C@H](O)C(=O)O.O=C(O)[C@@H](O)[C@H](O)C(=O)O. The standard InChI is InChI=1S/C45H54N4O8.2C4H6O6/c1-8-27-19-28-22-44(40(51)55-6,36-30(25-48(23-27)24-28)29-13-10-11-14-33(29)46-36)32-20-31-34(21-35(32)54-5)47(4)38-43(31)16-18-49-17-12-15-42(9-2,37(43)49)39(57-26(3)50)45(38,53)41(52)56-7;2*5-1(3(7)8)2(6)4(9)10/h10-15,19-21,28,37-39,46,53H,8-9,16-18,22-25H2,1-7H3;2*1-2,5-6H,(H,7,8)(H,9,10)/t28-,37-,38+,39+,42+,43+,44-,45+;2*1-,2-/m000/s1. The van der Waals surface area contributed by atoms with Crippen LogP contribution in [0.25, 0.3) is 10.9 Å². The number of fused-ring (bicyclic) bond motifs is 6. The summed E-state index contributed by atoms with van der Waals surface area (Å²) in [6, 6.07) is 11.2. The first-order valence-electron chi connectivity index (χ1n) is 24.9. The van der Waals surface area contributed by atoms with E-state index in [4.69, 9.17) is 59.8 Å². The number of benzene rings is 2. The third kappa shape index (κ3) is 9.27. The third-order valence-electron chi connectivity index (χ3n) is 16.4. The average Bonchev–Trinajstić information content (AvgIpc) is 4.06. The van der Waals surface area contributed by atoms with Crippen LogP contribution in [-0.4, -0.2) is 205 Å². The second kappa shape index (κ2) is 21.8. The fourth-order valence-electron chi connectivity index (χ4n) is 13.4. The number of carboxylic acid groups (broad SMARTS) is 4. The number of carbonyl (C=O) groups excluding carboxylic acids is 3. The fourth-order valence-corrected chi connectivity index (χ4v) is 13.4. The lowest BCUT2D eigenvalue weighted by molar-refractivity contribution is -0.228. The smallest absolute Gasteiger partial charge is 0.344 e. The molecule has 2 bridgehead atoms. The van der Waals surface area contributed by atoms with Gasteiger partial charge in [-0.2, -0.15) is 0 Å². The molecule has 13 atom stereocenters. The van der Waals surface area contributed by atoms with Crippen LogP contribution in [0, 0.1) is 11.3 Å². The maximum absolute atomic E-state index is 15.2. The number of carbonyl (C=O) groups is 7. The Bertz CT molecular complexity index is 2830. The highest BCUT2D eigenvalue weighted by Gasteiger charge is 2.80. The first kappa shape index (κ1) is 57.8. The number of aromatic amines is 1. The molecule has 10 N–H and O–H groups in total. The molecule has 1 aliphatic carbocycles. The number of nitrogens with zero attached hydrogens (tertiary/aromatic N) is 3. The predicted octanol–water partition coefficient (Wildman–Crippen LogP) is 0.508. The Labute approximate surface area is 441 Å². The van der Waals surface area contributed by atoms with E-state index in [1.165, 1.54) is 26.7 Å². The molecule has 77 heavy (non-hydrogen) atoms. The summed E-state index contributed by atoms with van der Waals surface area (Å²) in [5.74, 6) is -8.39. The Balaban J connectivity index is 0.000000365. The summed E-state index contributed by atoms with van der Waals surface area (Å²) >= 11 is 0. The van der Waals surface area contributed by atoms with Gasteiger partial charge in [0.1, 0.15) is 11.2 Å². The quantitative estimate of drug-likeness (QED) is 0.0633. The van der Waals surface area contributed by atoms with Crippen molar-refractivity contribution in [1.29, 1.82) is 0 Å². The first-order valence-corrected chi connectivity index (χ1v) is 24.9. The van der Waals surface area contributed by atoms with E-state index in [0.717, 1.165) is 52.9 Å². The van der Waals surface area contributed by atoms with Gasteiger partial charge in [0.05, 0.1) is 27.4 Å². The number of rotatable bonds is 13. The summed E-state index contributed by atoms with van der Waals surface area (Å²) in [6.07, 6.45) is -1.39. The number of aliphatic hydroxyl groups is 5. The molecule has 1 spiro atoms. The van der Waals surface area contributed by atoms with Crippen LogP contribution < -0.4 is 9.64 Å². The van der Waals surface area contributed by atoms with Gasteiger partial charge in [0.25, 0.3) is 0 Å². The van der Waals surface area contributed by atoms with Gasteiger partial charge in [-0.05, 0) is 61.4 Å². The molecule has 3 aromatic rings. The van der Waals surface area contributed by atoms with E-state index < -0.39 is 94.2 Å². The van der Waals surface area contributed by atoms with Crippen LogP contribution in [0.1, 0.15) is 68.8 Å². The fraction of sp³-hybridized carbons (Fsp3) is 0.528. The highest BCUT2D eigenvalue weighted by molar-refractivity contribution is 5.95. The molecule has 24 nitrogen and oxygen atoms in total. The molecule has 24 heteroatoms. The zero-order chi connectivity index (χ0) is 56.9. The van der Waals surface area contributed by atoms with Crippen LogP contribution in [0.15, 0.2) is 60.2 Å². The Morgan fingerprint density at radius 1 is 0.805 bits per heavy atom. The molecule has 1 saturated carbocycles. The third-order valence-corrected chi connectivity index (χ3v) is 16.4. The minimum absolute atomic E-state index is 0.0284. The first-order chi connectivity index (χ1) is 36.3. The molecule has 9 rings (SSSR count). The predicted molar refractivity (Wildman–Crippen MR) is 269 cm³/mol. The molecule has 5 aliphatic heterocycles. The summed E-state index contributed by atoms with van der Waals surface area (Å²) in [5.41, 5.74) is 1.05. The zero-order valence-corrected chi connectivity index (χ0v) is 43.5. The van der Waals surface area contributed by atoms with Gasteiger partial charge in [-0.3, -0.25) is 19.4 Å². The minimum Gasteiger partial charge on any atom is -0.496 e. The van der Waals surface area contributed by atoms with Crippen LogP contribution in [0.2, 0.25) is 0 Å². The molecule has 1 saturated heterocycles. The Morgan fingerprint density at radius 3 is 1.94 bits per heavy atom. The maximum Gasteiger partial charge on any atom is 0.344 e. The number of nitrogens with one attached hydrogen (secondary N) is 1. The number of aliphatic carboxylic acids is 4. The van der Waals surface area contributed by atoms with Gasteiger partial charge in [0, 0.05) is 90.9 Å². The van der Waals surface area contributed by atoms with Crippen LogP contribution in [0.5, 0.6) is 5.75 Å². The Kier molecular flexibility index (Phi) is 16.4. The highest BCUT2D eigenvalue weighted by Crippen LogP contribution is 2.68. The Morgan fingerprint density at radius 2 is 1.40 bits per heavy atom. The van der Waals surface area contributed by atoms with Gasteiger partial charge in [0.15, 0.2) is 30.5 Å². The topological polar surface area (TPSA) is 364 Å². The van der Waals surface area contributed by atoms with Crippen molar-refractivity contribution < 1.29 is 98.5 Å². The zero-order valence-electron chi connectivity index (χ0n) is 43.5. The average molecular weight is 1080 g/mol. The number of hydrogen-bond acceptors (Lipinski definition) is 19. The molecular formula is C53H66N4O20. The van der Waals surface area contributed by atoms with Gasteiger partial charge in [-0.1, -0.05) is 55.8 Å². The number of aliphatic hydroxyl groups excluding tert-OH is 4. The Hall–Kier alpha value is -6.93. The molecule has 2 fully saturated rings. The molecular weight excluding hydrogens is 1010 g/mol. The number of methoxy groups -OCH3 is 3. The van der Waals surface area contributed by atoms with E-state index in [-0.39, 0.29) is 17.9 Å². The summed E-state index contributed by atoms with van der Waals surface area (Å²) in [4.78, 5) is 92.2. The van der Waals surface area contributed by atoms with E-state index >= 15 is 4.79 Å². The van der Waals surface area contributed by atoms with Crippen LogP contribution >= 0.6 is 0 Å². The molecule has 418 valence electrons. The second-order valence-electron chi connectivity index (χ2n) is 20.3. The van der Waals surface area contributed by atoms with E-state index in [1.54, 1.807) is 7.11 Å². The lowest BCUT2D eigenvalue weighted by Crippen LogP contribution is -2.81. The van der Waals surface area contributed by atoms with Crippen molar-refractivity contribution in [2.45, 2.75) is 112 Å².